The van der Waals surface area contributed by atoms with E-state index < -0.39 is 12.1 Å². The second kappa shape index (κ2) is 3.49. The first-order chi connectivity index (χ1) is 5.91. The zero-order valence-electron chi connectivity index (χ0n) is 6.64. The van der Waals surface area contributed by atoms with Crippen LogP contribution in [0.25, 0.3) is 0 Å². The van der Waals surface area contributed by atoms with Gasteiger partial charge in [-0.15, -0.1) is 0 Å². The average molecular weight is 211 g/mol. The van der Waals surface area contributed by atoms with E-state index in [1.54, 1.807) is 0 Å². The first kappa shape index (κ1) is 10.2. The van der Waals surface area contributed by atoms with Crippen LogP contribution in [0.2, 0.25) is 5.28 Å². The summed E-state index contributed by atoms with van der Waals surface area (Å²) in [4.78, 5) is 6.94. The lowest BCUT2D eigenvalue weighted by Gasteiger charge is -2.14. The molecule has 0 spiro atoms. The third-order valence-electron chi connectivity index (χ3n) is 1.63. The highest BCUT2D eigenvalue weighted by atomic mass is 35.5. The Balaban J connectivity index is 2.90. The number of hydrogen-bond donors (Lipinski definition) is 0. The molecule has 1 unspecified atom stereocenters. The number of hydrogen-bond acceptors (Lipinski definition) is 2. The van der Waals surface area contributed by atoms with Gasteiger partial charge in [-0.05, 0) is 18.5 Å². The third-order valence-corrected chi connectivity index (χ3v) is 1.83. The van der Waals surface area contributed by atoms with Crippen LogP contribution < -0.4 is 0 Å². The molecule has 72 valence electrons. The lowest BCUT2D eigenvalue weighted by Crippen LogP contribution is -2.18. The highest BCUT2D eigenvalue weighted by Crippen LogP contribution is 2.33. The van der Waals surface area contributed by atoms with Crippen LogP contribution in [0.4, 0.5) is 13.2 Å². The molecule has 1 atom stereocenters. The van der Waals surface area contributed by atoms with Crippen LogP contribution in [0.15, 0.2) is 12.4 Å². The van der Waals surface area contributed by atoms with Gasteiger partial charge in [0.15, 0.2) is 0 Å². The van der Waals surface area contributed by atoms with Crippen LogP contribution in [0.3, 0.4) is 0 Å². The minimum absolute atomic E-state index is 0.0110. The quantitative estimate of drug-likeness (QED) is 0.666. The van der Waals surface area contributed by atoms with Crippen molar-refractivity contribution in [1.82, 2.24) is 9.97 Å². The third kappa shape index (κ3) is 2.55. The summed E-state index contributed by atoms with van der Waals surface area (Å²) in [6.45, 7) is 1.05. The number of alkyl halides is 3. The van der Waals surface area contributed by atoms with Gasteiger partial charge in [0.25, 0.3) is 0 Å². The molecule has 0 radical (unpaired) electrons. The predicted octanol–water partition coefficient (Wildman–Crippen LogP) is 2.80. The molecule has 13 heavy (non-hydrogen) atoms. The van der Waals surface area contributed by atoms with Crippen LogP contribution in [0, 0.1) is 0 Å². The van der Waals surface area contributed by atoms with Crippen LogP contribution >= 0.6 is 11.6 Å². The molecule has 1 aromatic rings. The number of halogens is 4. The van der Waals surface area contributed by atoms with Gasteiger partial charge in [0.1, 0.15) is 0 Å². The van der Waals surface area contributed by atoms with E-state index in [9.17, 15) is 13.2 Å². The van der Waals surface area contributed by atoms with Gasteiger partial charge in [-0.2, -0.15) is 13.2 Å². The maximum absolute atomic E-state index is 12.1. The Morgan fingerprint density at radius 3 is 2.15 bits per heavy atom. The Labute approximate surface area is 77.8 Å². The number of rotatable bonds is 1. The van der Waals surface area contributed by atoms with Crippen molar-refractivity contribution in [2.75, 3.05) is 0 Å². The molecule has 1 heterocycles. The number of aromatic nitrogens is 2. The highest BCUT2D eigenvalue weighted by Gasteiger charge is 2.37. The molecule has 0 N–H and O–H groups in total. The van der Waals surface area contributed by atoms with Gasteiger partial charge < -0.3 is 0 Å². The van der Waals surface area contributed by atoms with Crippen LogP contribution in [0.5, 0.6) is 0 Å². The standard InChI is InChI=1S/C7H6ClF3N2/c1-4(7(9,10)11)5-2-12-6(8)13-3-5/h2-4H,1H3. The summed E-state index contributed by atoms with van der Waals surface area (Å²) >= 11 is 5.33. The zero-order chi connectivity index (χ0) is 10.1. The van der Waals surface area contributed by atoms with Gasteiger partial charge in [-0.1, -0.05) is 0 Å². The van der Waals surface area contributed by atoms with Crippen molar-refractivity contribution in [3.63, 3.8) is 0 Å². The van der Waals surface area contributed by atoms with Gasteiger partial charge in [0.05, 0.1) is 5.92 Å². The van der Waals surface area contributed by atoms with Crippen molar-refractivity contribution in [2.24, 2.45) is 0 Å². The van der Waals surface area contributed by atoms with Gasteiger partial charge in [0.2, 0.25) is 5.28 Å². The second-order valence-electron chi connectivity index (χ2n) is 2.55. The molecule has 6 heteroatoms. The molecule has 2 nitrogen and oxygen atoms in total. The molecule has 1 rings (SSSR count). The molecule has 0 aliphatic heterocycles. The van der Waals surface area contributed by atoms with E-state index in [4.69, 9.17) is 11.6 Å². The molecule has 0 fully saturated rings. The number of nitrogens with zero attached hydrogens (tertiary/aromatic N) is 2. The fourth-order valence-electron chi connectivity index (χ4n) is 0.735. The Hall–Kier alpha value is -0.840. The van der Waals surface area contributed by atoms with E-state index in [1.807, 2.05) is 0 Å². The molecular weight excluding hydrogens is 205 g/mol. The minimum Gasteiger partial charge on any atom is -0.226 e. The molecule has 0 saturated carbocycles. The fourth-order valence-corrected chi connectivity index (χ4v) is 0.832. The molecule has 0 aliphatic rings. The summed E-state index contributed by atoms with van der Waals surface area (Å²) in [7, 11) is 0. The normalized spacial score (nSPS) is 14.2. The van der Waals surface area contributed by atoms with Gasteiger partial charge in [-0.25, -0.2) is 9.97 Å². The Kier molecular flexibility index (Phi) is 2.75. The van der Waals surface area contributed by atoms with Crippen LogP contribution in [-0.2, 0) is 0 Å². The smallest absolute Gasteiger partial charge is 0.226 e. The molecule has 0 bridgehead atoms. The SMILES string of the molecule is CC(c1cnc(Cl)nc1)C(F)(F)F. The van der Waals surface area contributed by atoms with E-state index in [1.165, 1.54) is 0 Å². The van der Waals surface area contributed by atoms with E-state index >= 15 is 0 Å². The highest BCUT2D eigenvalue weighted by molar-refractivity contribution is 6.28. The first-order valence-corrected chi connectivity index (χ1v) is 3.83. The van der Waals surface area contributed by atoms with Crippen molar-refractivity contribution in [2.45, 2.75) is 19.0 Å². The largest absolute Gasteiger partial charge is 0.395 e. The Morgan fingerprint density at radius 2 is 1.77 bits per heavy atom. The van der Waals surface area contributed by atoms with E-state index in [0.29, 0.717) is 0 Å². The minimum atomic E-state index is -4.27. The maximum atomic E-state index is 12.1. The van der Waals surface area contributed by atoms with E-state index in [0.717, 1.165) is 19.3 Å². The van der Waals surface area contributed by atoms with Gasteiger partial charge in [0, 0.05) is 18.0 Å². The average Bonchev–Trinajstić information content (AvgIpc) is 2.03. The molecule has 1 aromatic heterocycles. The molecule has 0 amide bonds. The van der Waals surface area contributed by atoms with Crippen LogP contribution in [-0.4, -0.2) is 16.1 Å². The maximum Gasteiger partial charge on any atom is 0.395 e. The van der Waals surface area contributed by atoms with Crippen molar-refractivity contribution in [3.8, 4) is 0 Å². The summed E-state index contributed by atoms with van der Waals surface area (Å²) in [5, 5.41) is -0.0573. The summed E-state index contributed by atoms with van der Waals surface area (Å²) in [6, 6.07) is 0. The Bertz CT molecular complexity index is 283. The van der Waals surface area contributed by atoms with Crippen molar-refractivity contribution >= 4 is 11.6 Å². The van der Waals surface area contributed by atoms with Gasteiger partial charge in [-0.3, -0.25) is 0 Å². The van der Waals surface area contributed by atoms with Crippen LogP contribution in [0.1, 0.15) is 18.4 Å². The predicted molar refractivity (Wildman–Crippen MR) is 41.5 cm³/mol. The van der Waals surface area contributed by atoms with Crippen molar-refractivity contribution < 1.29 is 13.2 Å². The molecule has 0 saturated heterocycles. The summed E-state index contributed by atoms with van der Waals surface area (Å²) in [5.41, 5.74) is 0.0110. The summed E-state index contributed by atoms with van der Waals surface area (Å²) in [6.07, 6.45) is -2.11. The lowest BCUT2D eigenvalue weighted by atomic mass is 10.1. The fraction of sp³-hybridized carbons (Fsp3) is 0.429. The zero-order valence-corrected chi connectivity index (χ0v) is 7.39. The van der Waals surface area contributed by atoms with Crippen molar-refractivity contribution in [1.29, 1.82) is 0 Å². The summed E-state index contributed by atoms with van der Waals surface area (Å²) < 4.78 is 36.4. The van der Waals surface area contributed by atoms with Crippen molar-refractivity contribution in [3.05, 3.63) is 23.2 Å². The van der Waals surface area contributed by atoms with E-state index in [2.05, 4.69) is 9.97 Å². The topological polar surface area (TPSA) is 25.8 Å². The monoisotopic (exact) mass is 210 g/mol. The van der Waals surface area contributed by atoms with E-state index in [-0.39, 0.29) is 10.8 Å². The summed E-state index contributed by atoms with van der Waals surface area (Å²) in [5.74, 6) is -1.57. The van der Waals surface area contributed by atoms with Gasteiger partial charge >= 0.3 is 6.18 Å². The Morgan fingerprint density at radius 1 is 1.31 bits per heavy atom. The second-order valence-corrected chi connectivity index (χ2v) is 2.89. The molecule has 0 aliphatic carbocycles. The lowest BCUT2D eigenvalue weighted by molar-refractivity contribution is -0.146. The first-order valence-electron chi connectivity index (χ1n) is 3.45. The molecule has 0 aromatic carbocycles. The molecular formula is C7H6ClF3N2.